The molecule has 0 fully saturated rings. The molecular formula is C26H34N2O2S. The molecule has 3 aromatic rings. The van der Waals surface area contributed by atoms with Crippen LogP contribution in [0.4, 0.5) is 0 Å². The van der Waals surface area contributed by atoms with Crippen LogP contribution < -0.4 is 5.32 Å². The highest BCUT2D eigenvalue weighted by Crippen LogP contribution is 2.32. The van der Waals surface area contributed by atoms with Crippen molar-refractivity contribution in [3.8, 4) is 0 Å². The maximum Gasteiger partial charge on any atom is 0.200 e. The highest BCUT2D eigenvalue weighted by atomic mass is 32.1. The van der Waals surface area contributed by atoms with Crippen molar-refractivity contribution in [3.63, 3.8) is 0 Å². The molecule has 166 valence electrons. The van der Waals surface area contributed by atoms with E-state index < -0.39 is 6.10 Å². The van der Waals surface area contributed by atoms with Crippen LogP contribution in [0.2, 0.25) is 0 Å². The SMILES string of the molecule is CCCc1ccsc1CC(c1ncco1)C(O)CNC1CCCc2ccc(CC)cc21. The van der Waals surface area contributed by atoms with Gasteiger partial charge in [0, 0.05) is 17.5 Å². The number of aliphatic hydroxyl groups excluding tert-OH is 1. The highest BCUT2D eigenvalue weighted by Gasteiger charge is 2.28. The molecule has 4 nitrogen and oxygen atoms in total. The summed E-state index contributed by atoms with van der Waals surface area (Å²) in [5.41, 5.74) is 5.63. The van der Waals surface area contributed by atoms with Gasteiger partial charge in [0.15, 0.2) is 5.89 Å². The van der Waals surface area contributed by atoms with Crippen molar-refractivity contribution in [2.24, 2.45) is 0 Å². The molecule has 0 saturated heterocycles. The lowest BCUT2D eigenvalue weighted by Crippen LogP contribution is -2.36. The lowest BCUT2D eigenvalue weighted by molar-refractivity contribution is 0.123. The molecule has 1 aliphatic rings. The number of aryl methyl sites for hydroxylation is 3. The van der Waals surface area contributed by atoms with E-state index in [0.29, 0.717) is 18.5 Å². The summed E-state index contributed by atoms with van der Waals surface area (Å²) in [5.74, 6) is 0.476. The average Bonchev–Trinajstić information content (AvgIpc) is 3.48. The van der Waals surface area contributed by atoms with Crippen molar-refractivity contribution in [3.05, 3.63) is 75.1 Å². The molecule has 3 atom stereocenters. The maximum absolute atomic E-state index is 11.2. The second-order valence-corrected chi connectivity index (χ2v) is 9.61. The van der Waals surface area contributed by atoms with E-state index >= 15 is 0 Å². The van der Waals surface area contributed by atoms with Gasteiger partial charge in [-0.3, -0.25) is 0 Å². The van der Waals surface area contributed by atoms with Crippen LogP contribution in [0.15, 0.2) is 46.5 Å². The van der Waals surface area contributed by atoms with Gasteiger partial charge in [0.05, 0.1) is 18.2 Å². The molecule has 0 amide bonds. The number of benzene rings is 1. The summed E-state index contributed by atoms with van der Waals surface area (Å²) in [6, 6.07) is 9.41. The van der Waals surface area contributed by atoms with Crippen molar-refractivity contribution in [2.45, 2.75) is 76.9 Å². The minimum absolute atomic E-state index is 0.151. The minimum atomic E-state index is -0.560. The van der Waals surface area contributed by atoms with Gasteiger partial charge in [-0.05, 0) is 72.2 Å². The van der Waals surface area contributed by atoms with Gasteiger partial charge in [-0.2, -0.15) is 0 Å². The summed E-state index contributed by atoms with van der Waals surface area (Å²) >= 11 is 1.77. The van der Waals surface area contributed by atoms with Gasteiger partial charge < -0.3 is 14.8 Å². The van der Waals surface area contributed by atoms with Crippen LogP contribution in [0.3, 0.4) is 0 Å². The molecule has 2 aromatic heterocycles. The van der Waals surface area contributed by atoms with Crippen LogP contribution in [0.5, 0.6) is 0 Å². The van der Waals surface area contributed by atoms with Crippen LogP contribution in [-0.4, -0.2) is 22.7 Å². The summed E-state index contributed by atoms with van der Waals surface area (Å²) in [6.45, 7) is 4.94. The zero-order valence-electron chi connectivity index (χ0n) is 18.6. The summed E-state index contributed by atoms with van der Waals surface area (Å²) in [5, 5.41) is 17.1. The van der Waals surface area contributed by atoms with E-state index in [1.807, 2.05) is 0 Å². The fourth-order valence-corrected chi connectivity index (χ4v) is 5.72. The number of aliphatic hydroxyl groups is 1. The fourth-order valence-electron chi connectivity index (χ4n) is 4.73. The van der Waals surface area contributed by atoms with E-state index in [9.17, 15) is 5.11 Å². The van der Waals surface area contributed by atoms with Crippen LogP contribution >= 0.6 is 11.3 Å². The molecule has 31 heavy (non-hydrogen) atoms. The largest absolute Gasteiger partial charge is 0.449 e. The lowest BCUT2D eigenvalue weighted by atomic mass is 9.86. The third kappa shape index (κ3) is 5.28. The molecule has 4 rings (SSSR count). The average molecular weight is 439 g/mol. The molecule has 0 bridgehead atoms. The normalized spacial score (nSPS) is 18.0. The van der Waals surface area contributed by atoms with E-state index in [1.54, 1.807) is 23.8 Å². The molecule has 2 N–H and O–H groups in total. The summed E-state index contributed by atoms with van der Waals surface area (Å²) in [4.78, 5) is 5.73. The zero-order valence-corrected chi connectivity index (χ0v) is 19.5. The quantitative estimate of drug-likeness (QED) is 0.432. The van der Waals surface area contributed by atoms with Gasteiger partial charge in [0.2, 0.25) is 0 Å². The molecule has 5 heteroatoms. The molecule has 2 heterocycles. The first-order chi connectivity index (χ1) is 15.2. The molecule has 0 radical (unpaired) electrons. The Kier molecular flexibility index (Phi) is 7.59. The Morgan fingerprint density at radius 3 is 2.97 bits per heavy atom. The highest BCUT2D eigenvalue weighted by molar-refractivity contribution is 7.10. The number of hydrogen-bond acceptors (Lipinski definition) is 5. The number of nitrogens with one attached hydrogen (secondary N) is 1. The van der Waals surface area contributed by atoms with E-state index in [2.05, 4.69) is 53.8 Å². The summed E-state index contributed by atoms with van der Waals surface area (Å²) in [6.07, 6.45) is 10.2. The molecule has 0 saturated carbocycles. The number of fused-ring (bicyclic) bond motifs is 1. The van der Waals surface area contributed by atoms with Crippen molar-refractivity contribution < 1.29 is 9.52 Å². The lowest BCUT2D eigenvalue weighted by Gasteiger charge is -2.29. The first-order valence-electron chi connectivity index (χ1n) is 11.7. The first-order valence-corrected chi connectivity index (χ1v) is 12.5. The van der Waals surface area contributed by atoms with Gasteiger partial charge in [0.1, 0.15) is 6.26 Å². The Morgan fingerprint density at radius 1 is 1.29 bits per heavy atom. The summed E-state index contributed by atoms with van der Waals surface area (Å²) in [7, 11) is 0. The Hall–Kier alpha value is -1.95. The maximum atomic E-state index is 11.2. The van der Waals surface area contributed by atoms with E-state index in [-0.39, 0.29) is 5.92 Å². The van der Waals surface area contributed by atoms with Crippen molar-refractivity contribution in [1.29, 1.82) is 0 Å². The molecule has 0 aliphatic heterocycles. The predicted octanol–water partition coefficient (Wildman–Crippen LogP) is 5.61. The smallest absolute Gasteiger partial charge is 0.200 e. The second-order valence-electron chi connectivity index (χ2n) is 8.61. The van der Waals surface area contributed by atoms with E-state index in [4.69, 9.17) is 4.42 Å². The third-order valence-corrected chi connectivity index (χ3v) is 7.49. The number of nitrogens with zero attached hydrogens (tertiary/aromatic N) is 1. The molecular weight excluding hydrogens is 404 g/mol. The molecule has 1 aromatic carbocycles. The van der Waals surface area contributed by atoms with Crippen molar-refractivity contribution >= 4 is 11.3 Å². The van der Waals surface area contributed by atoms with Gasteiger partial charge in [-0.15, -0.1) is 11.3 Å². The Morgan fingerprint density at radius 2 is 2.19 bits per heavy atom. The Labute approximate surface area is 189 Å². The van der Waals surface area contributed by atoms with E-state index in [0.717, 1.165) is 38.5 Å². The molecule has 1 aliphatic carbocycles. The first kappa shape index (κ1) is 22.3. The van der Waals surface area contributed by atoms with Crippen molar-refractivity contribution in [2.75, 3.05) is 6.54 Å². The predicted molar refractivity (Wildman–Crippen MR) is 127 cm³/mol. The third-order valence-electron chi connectivity index (χ3n) is 6.50. The van der Waals surface area contributed by atoms with Crippen LogP contribution in [0.1, 0.15) is 78.1 Å². The van der Waals surface area contributed by atoms with Gasteiger partial charge >= 0.3 is 0 Å². The fraction of sp³-hybridized carbons (Fsp3) is 0.500. The molecule has 3 unspecified atom stereocenters. The Bertz CT molecular complexity index is 950. The van der Waals surface area contributed by atoms with Gasteiger partial charge in [-0.1, -0.05) is 38.5 Å². The van der Waals surface area contributed by atoms with Crippen molar-refractivity contribution in [1.82, 2.24) is 10.3 Å². The van der Waals surface area contributed by atoms with E-state index in [1.165, 1.54) is 33.6 Å². The number of oxazole rings is 1. The minimum Gasteiger partial charge on any atom is -0.449 e. The number of rotatable bonds is 10. The molecule has 0 spiro atoms. The monoisotopic (exact) mass is 438 g/mol. The number of aromatic nitrogens is 1. The zero-order chi connectivity index (χ0) is 21.6. The van der Waals surface area contributed by atoms with Crippen LogP contribution in [0.25, 0.3) is 0 Å². The number of hydrogen-bond donors (Lipinski definition) is 2. The van der Waals surface area contributed by atoms with Gasteiger partial charge in [-0.25, -0.2) is 4.98 Å². The standard InChI is InChI=1S/C26H34N2O2S/c1-3-6-20-11-14-31-25(20)16-22(26-27-12-13-30-26)24(29)17-28-23-8-5-7-19-10-9-18(4-2)15-21(19)23/h9-15,22-24,28-29H,3-8,16-17H2,1-2H3. The van der Waals surface area contributed by atoms with Gasteiger partial charge in [0.25, 0.3) is 0 Å². The summed E-state index contributed by atoms with van der Waals surface area (Å²) < 4.78 is 5.65. The second kappa shape index (κ2) is 10.6. The van der Waals surface area contributed by atoms with Crippen LogP contribution in [-0.2, 0) is 25.7 Å². The number of thiophene rings is 1. The Balaban J connectivity index is 1.48. The van der Waals surface area contributed by atoms with Crippen LogP contribution in [0, 0.1) is 0 Å². The topological polar surface area (TPSA) is 58.3 Å².